The van der Waals surface area contributed by atoms with Gasteiger partial charge < -0.3 is 9.47 Å². The Bertz CT molecular complexity index is 1150. The summed E-state index contributed by atoms with van der Waals surface area (Å²) in [4.78, 5) is 31.2. The lowest BCUT2D eigenvalue weighted by Crippen LogP contribution is -2.45. The maximum Gasteiger partial charge on any atom is 0.357 e. The van der Waals surface area contributed by atoms with Crippen LogP contribution in [0, 0.1) is 0 Å². The lowest BCUT2D eigenvalue weighted by Gasteiger charge is -2.32. The van der Waals surface area contributed by atoms with Crippen LogP contribution in [0.25, 0.3) is 0 Å². The third-order valence-electron chi connectivity index (χ3n) is 5.01. The van der Waals surface area contributed by atoms with E-state index in [1.807, 2.05) is 48.5 Å². The van der Waals surface area contributed by atoms with Crippen LogP contribution in [0.1, 0.15) is 49.2 Å². The molecular formula is C28H28BrNO4. The van der Waals surface area contributed by atoms with Crippen molar-refractivity contribution in [3.8, 4) is 0 Å². The van der Waals surface area contributed by atoms with Gasteiger partial charge in [0.2, 0.25) is 0 Å². The number of carbonyl (C=O) groups excluding carboxylic acids is 2. The predicted molar refractivity (Wildman–Crippen MR) is 137 cm³/mol. The molecule has 0 aliphatic rings. The van der Waals surface area contributed by atoms with Crippen LogP contribution in [0.2, 0.25) is 0 Å². The third-order valence-corrected chi connectivity index (χ3v) is 5.54. The highest BCUT2D eigenvalue weighted by Crippen LogP contribution is 2.32. The second-order valence-electron chi connectivity index (χ2n) is 8.95. The zero-order chi connectivity index (χ0) is 24.8. The van der Waals surface area contributed by atoms with Gasteiger partial charge in [0.1, 0.15) is 5.60 Å². The summed E-state index contributed by atoms with van der Waals surface area (Å²) in [6.07, 6.45) is 0. The molecule has 0 bridgehead atoms. The van der Waals surface area contributed by atoms with E-state index in [1.165, 1.54) is 0 Å². The minimum absolute atomic E-state index is 0.0119. The fourth-order valence-corrected chi connectivity index (χ4v) is 3.59. The molecule has 1 atom stereocenters. The summed E-state index contributed by atoms with van der Waals surface area (Å²) in [6.45, 7) is 7.25. The van der Waals surface area contributed by atoms with Crippen molar-refractivity contribution in [2.24, 2.45) is 4.99 Å². The fourth-order valence-electron chi connectivity index (χ4n) is 3.32. The van der Waals surface area contributed by atoms with Gasteiger partial charge in [-0.05, 0) is 57.5 Å². The number of nitrogens with zero attached hydrogens (tertiary/aromatic N) is 1. The van der Waals surface area contributed by atoms with E-state index in [-0.39, 0.29) is 12.3 Å². The average molecular weight is 522 g/mol. The summed E-state index contributed by atoms with van der Waals surface area (Å²) in [7, 11) is 0. The second-order valence-corrected chi connectivity index (χ2v) is 9.86. The number of aliphatic imine (C=N–C) groups is 1. The molecule has 0 aliphatic heterocycles. The minimum atomic E-state index is -1.50. The van der Waals surface area contributed by atoms with Crippen molar-refractivity contribution in [3.05, 3.63) is 106 Å². The first-order chi connectivity index (χ1) is 16.1. The molecule has 0 heterocycles. The van der Waals surface area contributed by atoms with Crippen molar-refractivity contribution < 1.29 is 19.1 Å². The van der Waals surface area contributed by atoms with Crippen molar-refractivity contribution in [2.45, 2.75) is 45.4 Å². The number of esters is 2. The summed E-state index contributed by atoms with van der Waals surface area (Å²) in [5.74, 6) is -1.21. The van der Waals surface area contributed by atoms with Crippen LogP contribution in [-0.4, -0.2) is 23.3 Å². The van der Waals surface area contributed by atoms with Gasteiger partial charge in [0.05, 0.1) is 12.1 Å². The van der Waals surface area contributed by atoms with Crippen LogP contribution in [0.4, 0.5) is 0 Å². The Balaban J connectivity index is 2.12. The van der Waals surface area contributed by atoms with Crippen molar-refractivity contribution in [1.82, 2.24) is 0 Å². The molecule has 0 spiro atoms. The van der Waals surface area contributed by atoms with Crippen molar-refractivity contribution >= 4 is 33.6 Å². The number of hydrogen-bond donors (Lipinski definition) is 0. The Morgan fingerprint density at radius 2 is 1.35 bits per heavy atom. The van der Waals surface area contributed by atoms with Gasteiger partial charge in [0.15, 0.2) is 11.3 Å². The number of hydrogen-bond acceptors (Lipinski definition) is 5. The van der Waals surface area contributed by atoms with Gasteiger partial charge >= 0.3 is 11.9 Å². The Labute approximate surface area is 209 Å². The summed E-state index contributed by atoms with van der Waals surface area (Å²) >= 11 is 3.44. The van der Waals surface area contributed by atoms with Crippen molar-refractivity contribution in [3.63, 3.8) is 0 Å². The molecule has 0 saturated carbocycles. The van der Waals surface area contributed by atoms with Crippen LogP contribution in [-0.2, 0) is 26.4 Å². The molecule has 1 unspecified atom stereocenters. The zero-order valence-corrected chi connectivity index (χ0v) is 21.3. The van der Waals surface area contributed by atoms with E-state index in [1.54, 1.807) is 64.1 Å². The molecule has 34 heavy (non-hydrogen) atoms. The highest BCUT2D eigenvalue weighted by atomic mass is 79.9. The smallest absolute Gasteiger partial charge is 0.357 e. The van der Waals surface area contributed by atoms with Gasteiger partial charge in [-0.3, -0.25) is 4.99 Å². The van der Waals surface area contributed by atoms with E-state index >= 15 is 0 Å². The van der Waals surface area contributed by atoms with Crippen LogP contribution in [0.15, 0.2) is 94.4 Å². The van der Waals surface area contributed by atoms with Gasteiger partial charge in [-0.25, -0.2) is 9.59 Å². The first-order valence-electron chi connectivity index (χ1n) is 10.9. The number of carbonyl (C=O) groups is 2. The Morgan fingerprint density at radius 1 is 0.794 bits per heavy atom. The first-order valence-corrected chi connectivity index (χ1v) is 11.7. The van der Waals surface area contributed by atoms with E-state index in [9.17, 15) is 9.59 Å². The monoisotopic (exact) mass is 521 g/mol. The molecule has 0 N–H and O–H groups in total. The minimum Gasteiger partial charge on any atom is -0.455 e. The molecule has 3 aromatic carbocycles. The maximum absolute atomic E-state index is 13.4. The van der Waals surface area contributed by atoms with Gasteiger partial charge in [-0.1, -0.05) is 76.6 Å². The van der Waals surface area contributed by atoms with Crippen molar-refractivity contribution in [2.75, 3.05) is 0 Å². The second kappa shape index (κ2) is 10.8. The highest BCUT2D eigenvalue weighted by Gasteiger charge is 2.43. The van der Waals surface area contributed by atoms with Crippen LogP contribution >= 0.6 is 15.9 Å². The molecule has 0 radical (unpaired) electrons. The molecule has 0 aliphatic carbocycles. The van der Waals surface area contributed by atoms with Gasteiger partial charge in [0, 0.05) is 10.0 Å². The molecular weight excluding hydrogens is 494 g/mol. The third kappa shape index (κ3) is 6.64. The molecule has 6 heteroatoms. The average Bonchev–Trinajstić information content (AvgIpc) is 2.79. The molecule has 0 fully saturated rings. The maximum atomic E-state index is 13.4. The van der Waals surface area contributed by atoms with E-state index in [0.29, 0.717) is 11.1 Å². The number of ether oxygens (including phenoxy) is 2. The van der Waals surface area contributed by atoms with Crippen LogP contribution in [0.5, 0.6) is 0 Å². The standard InChI is InChI=1S/C28H28BrNO4/c1-27(2,3)33-26(32)24(30-19-20-11-7-5-8-12-20)28(4,22-15-17-23(29)18-16-22)34-25(31)21-13-9-6-10-14-21/h5-18H,19H2,1-4H3. The Kier molecular flexibility index (Phi) is 8.05. The van der Waals surface area contributed by atoms with Gasteiger partial charge in [0.25, 0.3) is 0 Å². The van der Waals surface area contributed by atoms with Gasteiger partial charge in [-0.15, -0.1) is 0 Å². The van der Waals surface area contributed by atoms with Crippen LogP contribution in [0.3, 0.4) is 0 Å². The van der Waals surface area contributed by atoms with E-state index in [0.717, 1.165) is 10.0 Å². The summed E-state index contributed by atoms with van der Waals surface area (Å²) in [5, 5.41) is 0. The molecule has 176 valence electrons. The lowest BCUT2D eigenvalue weighted by atomic mass is 9.89. The van der Waals surface area contributed by atoms with E-state index in [4.69, 9.17) is 9.47 Å². The number of benzene rings is 3. The Morgan fingerprint density at radius 3 is 1.91 bits per heavy atom. The molecule has 5 nitrogen and oxygen atoms in total. The Hall–Kier alpha value is -3.25. The number of rotatable bonds is 7. The summed E-state index contributed by atoms with van der Waals surface area (Å²) in [6, 6.07) is 25.5. The number of halogens is 1. The molecule has 0 saturated heterocycles. The summed E-state index contributed by atoms with van der Waals surface area (Å²) in [5.41, 5.74) is -0.358. The SMILES string of the molecule is CC(C)(C)OC(=O)C(=NCc1ccccc1)C(C)(OC(=O)c1ccccc1)c1ccc(Br)cc1. The summed E-state index contributed by atoms with van der Waals surface area (Å²) < 4.78 is 12.6. The quantitative estimate of drug-likeness (QED) is 0.262. The largest absolute Gasteiger partial charge is 0.455 e. The normalized spacial score (nSPS) is 13.6. The van der Waals surface area contributed by atoms with Crippen LogP contribution < -0.4 is 0 Å². The lowest BCUT2D eigenvalue weighted by molar-refractivity contribution is -0.147. The fraction of sp³-hybridized carbons (Fsp3) is 0.250. The first kappa shape index (κ1) is 25.4. The molecule has 3 aromatic rings. The zero-order valence-electron chi connectivity index (χ0n) is 19.7. The molecule has 0 amide bonds. The van der Waals surface area contributed by atoms with Gasteiger partial charge in [-0.2, -0.15) is 0 Å². The highest BCUT2D eigenvalue weighted by molar-refractivity contribution is 9.10. The van der Waals surface area contributed by atoms with E-state index < -0.39 is 23.1 Å². The van der Waals surface area contributed by atoms with E-state index in [2.05, 4.69) is 20.9 Å². The van der Waals surface area contributed by atoms with Crippen molar-refractivity contribution in [1.29, 1.82) is 0 Å². The molecule has 0 aromatic heterocycles. The molecule has 3 rings (SSSR count). The predicted octanol–water partition coefficient (Wildman–Crippen LogP) is 6.50. The topological polar surface area (TPSA) is 65.0 Å².